The van der Waals surface area contributed by atoms with E-state index < -0.39 is 0 Å². The van der Waals surface area contributed by atoms with Crippen LogP contribution in [0.4, 0.5) is 0 Å². The van der Waals surface area contributed by atoms with Crippen LogP contribution in [0.25, 0.3) is 0 Å². The van der Waals surface area contributed by atoms with E-state index in [0.29, 0.717) is 38.1 Å². The maximum atomic E-state index is 12.4. The molecule has 0 radical (unpaired) electrons. The van der Waals surface area contributed by atoms with Crippen molar-refractivity contribution in [3.05, 3.63) is 0 Å². The lowest BCUT2D eigenvalue weighted by atomic mass is 9.87. The van der Waals surface area contributed by atoms with Crippen LogP contribution >= 0.6 is 12.4 Å². The molecular weight excluding hydrogens is 304 g/mol. The van der Waals surface area contributed by atoms with Crippen LogP contribution in [0.5, 0.6) is 0 Å². The number of likely N-dealkylation sites (tertiary alicyclic amines) is 1. The molecule has 3 heterocycles. The molecule has 3 fully saturated rings. The van der Waals surface area contributed by atoms with Gasteiger partial charge in [0, 0.05) is 46.2 Å². The molecule has 0 aromatic rings. The summed E-state index contributed by atoms with van der Waals surface area (Å²) in [4.78, 5) is 29.7. The van der Waals surface area contributed by atoms with E-state index in [0.717, 1.165) is 26.2 Å². The predicted molar refractivity (Wildman–Crippen MR) is 87.1 cm³/mol. The molecule has 1 spiro atoms. The first-order valence-electron chi connectivity index (χ1n) is 8.04. The van der Waals surface area contributed by atoms with Crippen molar-refractivity contribution in [1.29, 1.82) is 0 Å². The lowest BCUT2D eigenvalue weighted by Gasteiger charge is -2.35. The number of rotatable bonds is 2. The number of hydrogen-bond donors (Lipinski definition) is 1. The zero-order chi connectivity index (χ0) is 14.9. The summed E-state index contributed by atoms with van der Waals surface area (Å²) < 4.78 is 0. The van der Waals surface area contributed by atoms with Gasteiger partial charge >= 0.3 is 0 Å². The monoisotopic (exact) mass is 330 g/mol. The van der Waals surface area contributed by atoms with Crippen LogP contribution in [0.2, 0.25) is 0 Å². The van der Waals surface area contributed by atoms with Crippen molar-refractivity contribution in [3.8, 4) is 0 Å². The molecule has 0 bridgehead atoms. The van der Waals surface area contributed by atoms with Crippen molar-refractivity contribution in [2.24, 2.45) is 5.41 Å². The number of nitrogens with one attached hydrogen (secondary N) is 1. The average Bonchev–Trinajstić information content (AvgIpc) is 3.09. The molecule has 2 amide bonds. The van der Waals surface area contributed by atoms with Gasteiger partial charge in [-0.25, -0.2) is 0 Å². The van der Waals surface area contributed by atoms with E-state index in [1.54, 1.807) is 6.92 Å². The van der Waals surface area contributed by atoms with Crippen molar-refractivity contribution in [2.75, 3.05) is 58.9 Å². The molecule has 6 nitrogen and oxygen atoms in total. The summed E-state index contributed by atoms with van der Waals surface area (Å²) in [5.74, 6) is 0.332. The van der Waals surface area contributed by atoms with E-state index in [4.69, 9.17) is 0 Å². The Hall–Kier alpha value is -0.850. The summed E-state index contributed by atoms with van der Waals surface area (Å²) in [5, 5.41) is 3.45. The standard InChI is InChI=1S/C15H26N4O2.ClH/c1-13(20)18-6-8-19(9-7-18)14(21)10-17-5-3-15(12-17)2-4-16-11-15;/h16H,2-12H2,1H3;1H. The molecule has 0 aromatic heterocycles. The maximum absolute atomic E-state index is 12.4. The fraction of sp³-hybridized carbons (Fsp3) is 0.867. The van der Waals surface area contributed by atoms with Crippen molar-refractivity contribution in [2.45, 2.75) is 19.8 Å². The average molecular weight is 331 g/mol. The Morgan fingerprint density at radius 3 is 2.32 bits per heavy atom. The molecule has 0 saturated carbocycles. The Morgan fingerprint density at radius 2 is 1.73 bits per heavy atom. The Kier molecular flexibility index (Phi) is 5.69. The molecule has 0 aromatic carbocycles. The lowest BCUT2D eigenvalue weighted by Crippen LogP contribution is -2.52. The number of hydrogen-bond acceptors (Lipinski definition) is 4. The van der Waals surface area contributed by atoms with Crippen LogP contribution < -0.4 is 5.32 Å². The summed E-state index contributed by atoms with van der Waals surface area (Å²) in [5.41, 5.74) is 0.424. The van der Waals surface area contributed by atoms with Gasteiger partial charge in [-0.15, -0.1) is 12.4 Å². The molecular formula is C15H27ClN4O2. The van der Waals surface area contributed by atoms with E-state index in [-0.39, 0.29) is 24.2 Å². The van der Waals surface area contributed by atoms with Gasteiger partial charge in [0.05, 0.1) is 6.54 Å². The molecule has 7 heteroatoms. The summed E-state index contributed by atoms with van der Waals surface area (Å²) in [7, 11) is 0. The number of carbonyl (C=O) groups is 2. The summed E-state index contributed by atoms with van der Waals surface area (Å²) >= 11 is 0. The van der Waals surface area contributed by atoms with Gasteiger partial charge in [0.15, 0.2) is 0 Å². The van der Waals surface area contributed by atoms with E-state index in [1.807, 2.05) is 9.80 Å². The van der Waals surface area contributed by atoms with Gasteiger partial charge in [0.25, 0.3) is 0 Å². The molecule has 22 heavy (non-hydrogen) atoms. The van der Waals surface area contributed by atoms with E-state index in [9.17, 15) is 9.59 Å². The minimum absolute atomic E-state index is 0. The fourth-order valence-electron chi connectivity index (χ4n) is 3.87. The first-order chi connectivity index (χ1) is 10.1. The first kappa shape index (κ1) is 17.5. The van der Waals surface area contributed by atoms with Crippen LogP contribution in [-0.4, -0.2) is 85.4 Å². The number of halogens is 1. The first-order valence-corrected chi connectivity index (χ1v) is 8.04. The van der Waals surface area contributed by atoms with Gasteiger partial charge < -0.3 is 15.1 Å². The molecule has 1 N–H and O–H groups in total. The second-order valence-electron chi connectivity index (χ2n) is 6.77. The van der Waals surface area contributed by atoms with Crippen molar-refractivity contribution >= 4 is 24.2 Å². The number of carbonyl (C=O) groups excluding carboxylic acids is 2. The Labute approximate surface area is 138 Å². The molecule has 0 aliphatic carbocycles. The molecule has 1 unspecified atom stereocenters. The highest BCUT2D eigenvalue weighted by molar-refractivity contribution is 5.85. The molecule has 3 saturated heterocycles. The third kappa shape index (κ3) is 3.73. The summed E-state index contributed by atoms with van der Waals surface area (Å²) in [6.45, 7) is 9.17. The minimum Gasteiger partial charge on any atom is -0.339 e. The zero-order valence-electron chi connectivity index (χ0n) is 13.3. The van der Waals surface area contributed by atoms with Gasteiger partial charge in [-0.1, -0.05) is 0 Å². The largest absolute Gasteiger partial charge is 0.339 e. The van der Waals surface area contributed by atoms with Crippen LogP contribution in [-0.2, 0) is 9.59 Å². The van der Waals surface area contributed by atoms with Gasteiger partial charge in [0.1, 0.15) is 0 Å². The second kappa shape index (κ2) is 7.15. The van der Waals surface area contributed by atoms with Crippen LogP contribution in [0, 0.1) is 5.41 Å². The molecule has 1 atom stereocenters. The van der Waals surface area contributed by atoms with Gasteiger partial charge in [-0.05, 0) is 31.3 Å². The Bertz CT molecular complexity index is 418. The van der Waals surface area contributed by atoms with Crippen LogP contribution in [0.3, 0.4) is 0 Å². The highest BCUT2D eigenvalue weighted by Gasteiger charge is 2.40. The maximum Gasteiger partial charge on any atom is 0.236 e. The molecule has 3 aliphatic rings. The Morgan fingerprint density at radius 1 is 1.05 bits per heavy atom. The van der Waals surface area contributed by atoms with Crippen LogP contribution in [0.15, 0.2) is 0 Å². The third-order valence-electron chi connectivity index (χ3n) is 5.29. The van der Waals surface area contributed by atoms with Gasteiger partial charge in [-0.3, -0.25) is 14.5 Å². The number of piperazine rings is 1. The highest BCUT2D eigenvalue weighted by atomic mass is 35.5. The molecule has 3 aliphatic heterocycles. The Balaban J connectivity index is 0.00000176. The lowest BCUT2D eigenvalue weighted by molar-refractivity contribution is -0.139. The zero-order valence-corrected chi connectivity index (χ0v) is 14.2. The fourth-order valence-corrected chi connectivity index (χ4v) is 3.87. The van der Waals surface area contributed by atoms with Gasteiger partial charge in [-0.2, -0.15) is 0 Å². The van der Waals surface area contributed by atoms with Crippen LogP contribution in [0.1, 0.15) is 19.8 Å². The summed E-state index contributed by atoms with van der Waals surface area (Å²) in [6.07, 6.45) is 2.46. The van der Waals surface area contributed by atoms with E-state index in [1.165, 1.54) is 12.8 Å². The number of amides is 2. The van der Waals surface area contributed by atoms with Gasteiger partial charge in [0.2, 0.25) is 11.8 Å². The SMILES string of the molecule is CC(=O)N1CCN(C(=O)CN2CCC3(CCNC3)C2)CC1.Cl. The summed E-state index contributed by atoms with van der Waals surface area (Å²) in [6, 6.07) is 0. The van der Waals surface area contributed by atoms with E-state index >= 15 is 0 Å². The van der Waals surface area contributed by atoms with Crippen molar-refractivity contribution in [3.63, 3.8) is 0 Å². The van der Waals surface area contributed by atoms with Crippen molar-refractivity contribution in [1.82, 2.24) is 20.0 Å². The predicted octanol–water partition coefficient (Wildman–Crippen LogP) is -0.216. The number of nitrogens with zero attached hydrogens (tertiary/aromatic N) is 3. The molecule has 3 rings (SSSR count). The highest BCUT2D eigenvalue weighted by Crippen LogP contribution is 2.35. The van der Waals surface area contributed by atoms with E-state index in [2.05, 4.69) is 10.2 Å². The topological polar surface area (TPSA) is 55.9 Å². The van der Waals surface area contributed by atoms with Crippen molar-refractivity contribution < 1.29 is 9.59 Å². The normalized spacial score (nSPS) is 29.0. The second-order valence-corrected chi connectivity index (χ2v) is 6.77. The minimum atomic E-state index is 0. The smallest absolute Gasteiger partial charge is 0.236 e. The quantitative estimate of drug-likeness (QED) is 0.761. The third-order valence-corrected chi connectivity index (χ3v) is 5.29. The molecule has 126 valence electrons.